The molecule has 4 rings (SSSR count). The van der Waals surface area contributed by atoms with Crippen molar-refractivity contribution in [1.29, 1.82) is 0 Å². The summed E-state index contributed by atoms with van der Waals surface area (Å²) in [5.74, 6) is -0.0505. The third-order valence-corrected chi connectivity index (χ3v) is 5.34. The summed E-state index contributed by atoms with van der Waals surface area (Å²) >= 11 is 1.56. The highest BCUT2D eigenvalue weighted by Crippen LogP contribution is 2.28. The molecule has 3 heterocycles. The van der Waals surface area contributed by atoms with Gasteiger partial charge in [0.05, 0.1) is 17.2 Å². The van der Waals surface area contributed by atoms with E-state index in [1.54, 1.807) is 17.6 Å². The molecule has 0 saturated carbocycles. The lowest BCUT2D eigenvalue weighted by Gasteiger charge is -2.11. The molecule has 0 radical (unpaired) electrons. The number of thiophene rings is 1. The molecule has 8 heteroatoms. The fraction of sp³-hybridized carbons (Fsp3) is 0.200. The molecule has 1 amide bonds. The number of rotatable bonds is 5. The minimum Gasteiger partial charge on any atom is -0.383 e. The van der Waals surface area contributed by atoms with Crippen LogP contribution in [0.3, 0.4) is 0 Å². The van der Waals surface area contributed by atoms with Crippen LogP contribution >= 0.6 is 11.3 Å². The number of amides is 1. The Morgan fingerprint density at radius 3 is 2.71 bits per heavy atom. The summed E-state index contributed by atoms with van der Waals surface area (Å²) < 4.78 is 1.49. The molecular weight excluding hydrogens is 372 g/mol. The predicted octanol–water partition coefficient (Wildman–Crippen LogP) is 3.64. The molecule has 3 N–H and O–H groups in total. The highest BCUT2D eigenvalue weighted by molar-refractivity contribution is 7.11. The number of nitrogens with one attached hydrogen (secondary N) is 1. The van der Waals surface area contributed by atoms with Crippen LogP contribution in [0.15, 0.2) is 46.9 Å². The summed E-state index contributed by atoms with van der Waals surface area (Å²) in [7, 11) is 0. The molecule has 0 bridgehead atoms. The van der Waals surface area contributed by atoms with Crippen LogP contribution in [0, 0.1) is 0 Å². The van der Waals surface area contributed by atoms with Gasteiger partial charge < -0.3 is 11.1 Å². The van der Waals surface area contributed by atoms with E-state index in [1.165, 1.54) is 4.68 Å². The highest BCUT2D eigenvalue weighted by Gasteiger charge is 2.24. The maximum absolute atomic E-state index is 12.9. The lowest BCUT2D eigenvalue weighted by atomic mass is 10.2. The Balaban J connectivity index is 1.93. The Kier molecular flexibility index (Phi) is 4.79. The van der Waals surface area contributed by atoms with E-state index in [-0.39, 0.29) is 17.8 Å². The molecule has 0 aliphatic heterocycles. The predicted molar refractivity (Wildman–Crippen MR) is 114 cm³/mol. The van der Waals surface area contributed by atoms with Crippen LogP contribution in [0.25, 0.3) is 22.2 Å². The van der Waals surface area contributed by atoms with Crippen molar-refractivity contribution in [2.45, 2.75) is 26.3 Å². The second-order valence-corrected chi connectivity index (χ2v) is 7.48. The monoisotopic (exact) mass is 392 g/mol. The molecule has 28 heavy (non-hydrogen) atoms. The van der Waals surface area contributed by atoms with Gasteiger partial charge in [0.15, 0.2) is 5.65 Å². The van der Waals surface area contributed by atoms with E-state index in [4.69, 9.17) is 5.73 Å². The summed E-state index contributed by atoms with van der Waals surface area (Å²) in [4.78, 5) is 23.2. The Hall–Kier alpha value is -3.26. The third kappa shape index (κ3) is 3.22. The second-order valence-electron chi connectivity index (χ2n) is 6.50. The van der Waals surface area contributed by atoms with Crippen molar-refractivity contribution in [3.05, 3.63) is 52.2 Å². The molecule has 142 valence electrons. The van der Waals surface area contributed by atoms with Gasteiger partial charge in [-0.2, -0.15) is 9.78 Å². The zero-order chi connectivity index (χ0) is 19.7. The molecule has 7 nitrogen and oxygen atoms in total. The van der Waals surface area contributed by atoms with Crippen LogP contribution in [-0.2, 0) is 0 Å². The molecule has 0 aliphatic rings. The van der Waals surface area contributed by atoms with E-state index in [9.17, 15) is 4.79 Å². The molecule has 1 atom stereocenters. The van der Waals surface area contributed by atoms with Crippen LogP contribution < -0.4 is 11.1 Å². The number of aromatic nitrogens is 3. The van der Waals surface area contributed by atoms with Crippen LogP contribution in [0.4, 0.5) is 5.82 Å². The maximum Gasteiger partial charge on any atom is 0.257 e. The summed E-state index contributed by atoms with van der Waals surface area (Å²) in [5.41, 5.74) is 8.97. The standard InChI is InChI=1S/C20H20N6OS/c1-3-12(2)23-20(27)16-17-19(25-15-9-5-4-8-14(15)24-17)26(18(16)21)22-11-13-7-6-10-28-13/h4-12H,3,21H2,1-2H3,(H,23,27)/t12-/m1/s1. The van der Waals surface area contributed by atoms with Crippen molar-refractivity contribution in [2.75, 3.05) is 5.73 Å². The average molecular weight is 392 g/mol. The summed E-state index contributed by atoms with van der Waals surface area (Å²) in [6.07, 6.45) is 2.52. The number of hydrogen-bond acceptors (Lipinski definition) is 6. The first-order valence-corrected chi connectivity index (χ1v) is 9.91. The van der Waals surface area contributed by atoms with E-state index in [0.717, 1.165) is 11.3 Å². The van der Waals surface area contributed by atoms with Crippen LogP contribution in [0.2, 0.25) is 0 Å². The lowest BCUT2D eigenvalue weighted by Crippen LogP contribution is -2.32. The average Bonchev–Trinajstić information content (AvgIpc) is 3.30. The van der Waals surface area contributed by atoms with E-state index in [1.807, 2.05) is 55.6 Å². The summed E-state index contributed by atoms with van der Waals surface area (Å²) in [6.45, 7) is 3.96. The summed E-state index contributed by atoms with van der Waals surface area (Å²) in [6, 6.07) is 11.4. The number of benzene rings is 1. The molecule has 0 fully saturated rings. The van der Waals surface area contributed by atoms with Crippen LogP contribution in [0.1, 0.15) is 35.5 Å². The normalized spacial score (nSPS) is 12.8. The van der Waals surface area contributed by atoms with Gasteiger partial charge in [-0.1, -0.05) is 25.1 Å². The molecule has 1 aromatic carbocycles. The number of nitrogens with two attached hydrogens (primary N) is 1. The number of nitrogen functional groups attached to an aromatic ring is 1. The number of hydrogen-bond donors (Lipinski definition) is 2. The molecular formula is C20H20N6OS. The van der Waals surface area contributed by atoms with Gasteiger partial charge in [-0.15, -0.1) is 11.3 Å². The Labute approximate surface area is 165 Å². The van der Waals surface area contributed by atoms with Crippen molar-refractivity contribution in [1.82, 2.24) is 20.0 Å². The number of anilines is 1. The molecule has 3 aromatic heterocycles. The highest BCUT2D eigenvalue weighted by atomic mass is 32.1. The van der Waals surface area contributed by atoms with Crippen molar-refractivity contribution in [3.8, 4) is 0 Å². The molecule has 4 aromatic rings. The fourth-order valence-electron chi connectivity index (χ4n) is 2.87. The van der Waals surface area contributed by atoms with Crippen molar-refractivity contribution < 1.29 is 4.79 Å². The second kappa shape index (κ2) is 7.40. The Morgan fingerprint density at radius 2 is 2.04 bits per heavy atom. The Morgan fingerprint density at radius 1 is 1.29 bits per heavy atom. The number of para-hydroxylation sites is 2. The zero-order valence-electron chi connectivity index (χ0n) is 15.6. The van der Waals surface area contributed by atoms with Crippen LogP contribution in [0.5, 0.6) is 0 Å². The third-order valence-electron chi connectivity index (χ3n) is 4.53. The quantitative estimate of drug-likeness (QED) is 0.507. The van der Waals surface area contributed by atoms with Gasteiger partial charge >= 0.3 is 0 Å². The molecule has 0 saturated heterocycles. The SMILES string of the molecule is CC[C@@H](C)NC(=O)c1c(N)n(N=Cc2cccs2)c2nc3ccccc3nc12. The van der Waals surface area contributed by atoms with E-state index in [2.05, 4.69) is 20.4 Å². The largest absolute Gasteiger partial charge is 0.383 e. The van der Waals surface area contributed by atoms with Gasteiger partial charge in [0.25, 0.3) is 5.91 Å². The lowest BCUT2D eigenvalue weighted by molar-refractivity contribution is 0.0941. The first-order chi connectivity index (χ1) is 13.6. The van der Waals surface area contributed by atoms with Gasteiger partial charge in [0, 0.05) is 10.9 Å². The van der Waals surface area contributed by atoms with E-state index >= 15 is 0 Å². The van der Waals surface area contributed by atoms with Gasteiger partial charge in [0.1, 0.15) is 16.9 Å². The minimum absolute atomic E-state index is 0.0216. The topological polar surface area (TPSA) is 98.2 Å². The van der Waals surface area contributed by atoms with Gasteiger partial charge in [-0.3, -0.25) is 4.79 Å². The maximum atomic E-state index is 12.9. The minimum atomic E-state index is -0.272. The van der Waals surface area contributed by atoms with E-state index in [0.29, 0.717) is 27.8 Å². The van der Waals surface area contributed by atoms with Crippen molar-refractivity contribution in [2.24, 2.45) is 5.10 Å². The van der Waals surface area contributed by atoms with Gasteiger partial charge in [0.2, 0.25) is 0 Å². The molecule has 0 spiro atoms. The van der Waals surface area contributed by atoms with Crippen molar-refractivity contribution >= 4 is 51.5 Å². The number of carbonyl (C=O) groups excluding carboxylic acids is 1. The first kappa shape index (κ1) is 18.1. The molecule has 0 aliphatic carbocycles. The number of carbonyl (C=O) groups is 1. The first-order valence-electron chi connectivity index (χ1n) is 9.04. The van der Waals surface area contributed by atoms with E-state index < -0.39 is 0 Å². The summed E-state index contributed by atoms with van der Waals surface area (Å²) in [5, 5.41) is 9.41. The van der Waals surface area contributed by atoms with Crippen LogP contribution in [-0.4, -0.2) is 32.8 Å². The van der Waals surface area contributed by atoms with Crippen molar-refractivity contribution in [3.63, 3.8) is 0 Å². The fourth-order valence-corrected chi connectivity index (χ4v) is 3.44. The van der Waals surface area contributed by atoms with Gasteiger partial charge in [-0.25, -0.2) is 9.97 Å². The number of fused-ring (bicyclic) bond motifs is 2. The smallest absolute Gasteiger partial charge is 0.257 e. The number of nitrogens with zero attached hydrogens (tertiary/aromatic N) is 4. The molecule has 0 unspecified atom stereocenters. The zero-order valence-corrected chi connectivity index (χ0v) is 16.4. The Bertz CT molecular complexity index is 1180. The van der Waals surface area contributed by atoms with Gasteiger partial charge in [-0.05, 0) is 36.9 Å².